The molecule has 3 rings (SSSR count). The number of epoxide rings is 1. The SMILES string of the molecule is CC(C)(C)OC(=O)N[C@@H](CC1C2CCC[C@H]21)C(=O)[C@@]1(C)CO1. The molecule has 3 aliphatic rings. The maximum absolute atomic E-state index is 12.6. The molecular weight excluding hydrogens is 282 g/mol. The van der Waals surface area contributed by atoms with Gasteiger partial charge in [-0.1, -0.05) is 6.42 Å². The zero-order chi connectivity index (χ0) is 16.1. The standard InChI is InChI=1S/C17H27NO4/c1-16(2,3)22-15(20)18-13(14(19)17(4)9-21-17)8-12-10-6-5-7-11(10)12/h10-13H,5-9H2,1-4H3,(H,18,20)/t10-,11?,12?,13+,17-/m1/s1. The van der Waals surface area contributed by atoms with Gasteiger partial charge in [-0.05, 0) is 64.7 Å². The van der Waals surface area contributed by atoms with E-state index in [0.717, 1.165) is 18.3 Å². The Bertz CT molecular complexity index is 468. The summed E-state index contributed by atoms with van der Waals surface area (Å²) in [5.74, 6) is 2.11. The molecule has 2 saturated carbocycles. The third-order valence-electron chi connectivity index (χ3n) is 5.20. The minimum atomic E-state index is -0.705. The van der Waals surface area contributed by atoms with Crippen molar-refractivity contribution < 1.29 is 19.1 Å². The lowest BCUT2D eigenvalue weighted by Crippen LogP contribution is -2.48. The number of amides is 1. The number of hydrogen-bond acceptors (Lipinski definition) is 4. The fraction of sp³-hybridized carbons (Fsp3) is 0.882. The Kier molecular flexibility index (Phi) is 3.75. The summed E-state index contributed by atoms with van der Waals surface area (Å²) in [4.78, 5) is 24.7. The average molecular weight is 309 g/mol. The molecule has 1 saturated heterocycles. The van der Waals surface area contributed by atoms with Gasteiger partial charge in [0.1, 0.15) is 11.2 Å². The molecule has 5 heteroatoms. The molecule has 2 unspecified atom stereocenters. The maximum Gasteiger partial charge on any atom is 0.408 e. The second-order valence-electron chi connectivity index (χ2n) is 8.24. The van der Waals surface area contributed by atoms with Gasteiger partial charge in [0, 0.05) is 0 Å². The van der Waals surface area contributed by atoms with Gasteiger partial charge in [-0.3, -0.25) is 4.79 Å². The van der Waals surface area contributed by atoms with Crippen molar-refractivity contribution in [2.45, 2.75) is 70.6 Å². The van der Waals surface area contributed by atoms with E-state index in [0.29, 0.717) is 12.5 Å². The lowest BCUT2D eigenvalue weighted by atomic mass is 9.94. The average Bonchev–Trinajstić information content (AvgIpc) is 3.22. The molecule has 0 aromatic heterocycles. The van der Waals surface area contributed by atoms with Crippen molar-refractivity contribution in [2.24, 2.45) is 17.8 Å². The Morgan fingerprint density at radius 3 is 2.41 bits per heavy atom. The van der Waals surface area contributed by atoms with Crippen LogP contribution in [-0.2, 0) is 14.3 Å². The van der Waals surface area contributed by atoms with E-state index in [4.69, 9.17) is 9.47 Å². The molecule has 0 radical (unpaired) electrons. The van der Waals surface area contributed by atoms with Gasteiger partial charge in [0.15, 0.2) is 5.78 Å². The van der Waals surface area contributed by atoms with Crippen LogP contribution in [0, 0.1) is 17.8 Å². The molecule has 2 aliphatic carbocycles. The van der Waals surface area contributed by atoms with Crippen LogP contribution in [-0.4, -0.2) is 35.7 Å². The van der Waals surface area contributed by atoms with Gasteiger partial charge in [0.2, 0.25) is 0 Å². The van der Waals surface area contributed by atoms with E-state index >= 15 is 0 Å². The molecule has 124 valence electrons. The molecule has 1 amide bonds. The fourth-order valence-electron chi connectivity index (χ4n) is 3.89. The zero-order valence-electron chi connectivity index (χ0n) is 14.0. The largest absolute Gasteiger partial charge is 0.444 e. The van der Waals surface area contributed by atoms with Crippen LogP contribution < -0.4 is 5.32 Å². The Morgan fingerprint density at radius 2 is 1.91 bits per heavy atom. The van der Waals surface area contributed by atoms with E-state index in [1.54, 1.807) is 6.92 Å². The van der Waals surface area contributed by atoms with E-state index < -0.39 is 23.3 Å². The van der Waals surface area contributed by atoms with Crippen molar-refractivity contribution in [1.82, 2.24) is 5.32 Å². The summed E-state index contributed by atoms with van der Waals surface area (Å²) in [5, 5.41) is 2.79. The molecule has 1 N–H and O–H groups in total. The Hall–Kier alpha value is -1.10. The highest BCUT2D eigenvalue weighted by Gasteiger charge is 2.56. The Morgan fingerprint density at radius 1 is 1.32 bits per heavy atom. The monoisotopic (exact) mass is 309 g/mol. The Labute approximate surface area is 132 Å². The summed E-state index contributed by atoms with van der Waals surface area (Å²) in [5.41, 5.74) is -1.27. The van der Waals surface area contributed by atoms with Gasteiger partial charge in [-0.25, -0.2) is 4.79 Å². The normalized spacial score (nSPS) is 37.2. The summed E-state index contributed by atoms with van der Waals surface area (Å²) in [6.07, 6.45) is 4.07. The molecule has 5 atom stereocenters. The van der Waals surface area contributed by atoms with Crippen LogP contribution in [0.1, 0.15) is 53.4 Å². The fourth-order valence-corrected chi connectivity index (χ4v) is 3.89. The van der Waals surface area contributed by atoms with Crippen molar-refractivity contribution in [1.29, 1.82) is 0 Å². The lowest BCUT2D eigenvalue weighted by Gasteiger charge is -2.24. The third kappa shape index (κ3) is 3.29. The molecule has 0 aromatic carbocycles. The first-order valence-corrected chi connectivity index (χ1v) is 8.37. The molecule has 0 spiro atoms. The van der Waals surface area contributed by atoms with E-state index in [1.807, 2.05) is 20.8 Å². The summed E-state index contributed by atoms with van der Waals surface area (Å²) in [6.45, 7) is 7.71. The molecule has 22 heavy (non-hydrogen) atoms. The van der Waals surface area contributed by atoms with Gasteiger partial charge < -0.3 is 14.8 Å². The third-order valence-corrected chi connectivity index (χ3v) is 5.20. The minimum Gasteiger partial charge on any atom is -0.444 e. The highest BCUT2D eigenvalue weighted by atomic mass is 16.6. The second kappa shape index (κ2) is 5.22. The summed E-state index contributed by atoms with van der Waals surface area (Å²) < 4.78 is 10.6. The second-order valence-corrected chi connectivity index (χ2v) is 8.24. The summed E-state index contributed by atoms with van der Waals surface area (Å²) in [6, 6.07) is -0.488. The number of fused-ring (bicyclic) bond motifs is 1. The van der Waals surface area contributed by atoms with Gasteiger partial charge in [-0.15, -0.1) is 0 Å². The number of Topliss-reactive ketones (excluding diaryl/α,β-unsaturated/α-hetero) is 1. The first-order valence-electron chi connectivity index (χ1n) is 8.37. The van der Waals surface area contributed by atoms with Crippen LogP contribution in [0.2, 0.25) is 0 Å². The van der Waals surface area contributed by atoms with Crippen molar-refractivity contribution in [2.75, 3.05) is 6.61 Å². The van der Waals surface area contributed by atoms with Crippen LogP contribution in [0.25, 0.3) is 0 Å². The van der Waals surface area contributed by atoms with E-state index in [2.05, 4.69) is 5.32 Å². The summed E-state index contributed by atoms with van der Waals surface area (Å²) in [7, 11) is 0. The molecule has 5 nitrogen and oxygen atoms in total. The number of carbonyl (C=O) groups is 2. The van der Waals surface area contributed by atoms with Crippen molar-refractivity contribution in [3.05, 3.63) is 0 Å². The lowest BCUT2D eigenvalue weighted by molar-refractivity contribution is -0.126. The highest BCUT2D eigenvalue weighted by molar-refractivity contribution is 5.95. The number of ketones is 1. The van der Waals surface area contributed by atoms with Gasteiger partial charge in [0.05, 0.1) is 12.6 Å². The number of ether oxygens (including phenoxy) is 2. The number of carbonyl (C=O) groups excluding carboxylic acids is 2. The van der Waals surface area contributed by atoms with Crippen molar-refractivity contribution in [3.63, 3.8) is 0 Å². The maximum atomic E-state index is 12.6. The number of nitrogens with one attached hydrogen (secondary N) is 1. The number of rotatable bonds is 5. The van der Waals surface area contributed by atoms with Crippen LogP contribution >= 0.6 is 0 Å². The topological polar surface area (TPSA) is 67.9 Å². The predicted octanol–water partition coefficient (Wildman–Crippen LogP) is 2.67. The van der Waals surface area contributed by atoms with Crippen LogP contribution in [0.3, 0.4) is 0 Å². The van der Waals surface area contributed by atoms with Crippen molar-refractivity contribution in [3.8, 4) is 0 Å². The first-order chi connectivity index (χ1) is 10.2. The van der Waals surface area contributed by atoms with Crippen LogP contribution in [0.4, 0.5) is 4.79 Å². The molecule has 0 bridgehead atoms. The first kappa shape index (κ1) is 15.8. The quantitative estimate of drug-likeness (QED) is 0.793. The number of hydrogen-bond donors (Lipinski definition) is 1. The minimum absolute atomic E-state index is 0.0108. The zero-order valence-corrected chi connectivity index (χ0v) is 14.0. The molecule has 3 fully saturated rings. The van der Waals surface area contributed by atoms with Gasteiger partial charge in [-0.2, -0.15) is 0 Å². The van der Waals surface area contributed by atoms with Gasteiger partial charge >= 0.3 is 6.09 Å². The van der Waals surface area contributed by atoms with Crippen molar-refractivity contribution >= 4 is 11.9 Å². The summed E-state index contributed by atoms with van der Waals surface area (Å²) >= 11 is 0. The van der Waals surface area contributed by atoms with Gasteiger partial charge in [0.25, 0.3) is 0 Å². The Balaban J connectivity index is 1.61. The molecular formula is C17H27NO4. The van der Waals surface area contributed by atoms with Crippen LogP contribution in [0.15, 0.2) is 0 Å². The highest BCUT2D eigenvalue weighted by Crippen LogP contribution is 2.59. The molecule has 0 aromatic rings. The molecule has 1 heterocycles. The smallest absolute Gasteiger partial charge is 0.408 e. The van der Waals surface area contributed by atoms with E-state index in [1.165, 1.54) is 19.3 Å². The van der Waals surface area contributed by atoms with E-state index in [-0.39, 0.29) is 5.78 Å². The van der Waals surface area contributed by atoms with Crippen LogP contribution in [0.5, 0.6) is 0 Å². The predicted molar refractivity (Wildman–Crippen MR) is 81.5 cm³/mol. The molecule has 1 aliphatic heterocycles. The number of alkyl carbamates (subject to hydrolysis) is 1. The van der Waals surface area contributed by atoms with E-state index in [9.17, 15) is 9.59 Å².